The molecule has 0 bridgehead atoms. The highest BCUT2D eigenvalue weighted by Crippen LogP contribution is 2.26. The molecule has 0 saturated carbocycles. The van der Waals surface area contributed by atoms with Crippen molar-refractivity contribution in [3.05, 3.63) is 89.0 Å². The van der Waals surface area contributed by atoms with Gasteiger partial charge in [-0.1, -0.05) is 42.5 Å². The summed E-state index contributed by atoms with van der Waals surface area (Å²) in [4.78, 5) is 40.2. The zero-order valence-corrected chi connectivity index (χ0v) is 15.6. The smallest absolute Gasteiger partial charge is 0.337 e. The van der Waals surface area contributed by atoms with E-state index in [0.717, 1.165) is 0 Å². The molecule has 7 heteroatoms. The molecule has 4 rings (SSSR count). The molecule has 7 nitrogen and oxygen atoms in total. The van der Waals surface area contributed by atoms with Crippen LogP contribution < -0.4 is 5.32 Å². The number of carbonyl (C=O) groups is 3. The summed E-state index contributed by atoms with van der Waals surface area (Å²) in [6.07, 6.45) is 0. The maximum atomic E-state index is 12.5. The van der Waals surface area contributed by atoms with Crippen LogP contribution in [0.3, 0.4) is 0 Å². The molecule has 0 fully saturated rings. The van der Waals surface area contributed by atoms with E-state index in [4.69, 9.17) is 0 Å². The normalized spacial score (nSPS) is 10.8. The number of nitrogens with one attached hydrogen (secondary N) is 1. The van der Waals surface area contributed by atoms with E-state index in [9.17, 15) is 24.6 Å². The quantitative estimate of drug-likeness (QED) is 0.440. The molecule has 0 unspecified atom stereocenters. The molecule has 1 heterocycles. The van der Waals surface area contributed by atoms with Gasteiger partial charge in [0, 0.05) is 17.3 Å². The third kappa shape index (κ3) is 3.44. The van der Waals surface area contributed by atoms with E-state index in [1.807, 2.05) is 0 Å². The number of rotatable bonds is 5. The lowest BCUT2D eigenvalue weighted by Gasteiger charge is -2.10. The molecule has 148 valence electrons. The minimum atomic E-state index is -1.18. The van der Waals surface area contributed by atoms with Crippen molar-refractivity contribution in [2.24, 2.45) is 0 Å². The molecule has 0 saturated heterocycles. The van der Waals surface area contributed by atoms with Crippen molar-refractivity contribution >= 4 is 39.7 Å². The molecular weight excluding hydrogens is 384 g/mol. The van der Waals surface area contributed by atoms with E-state index in [1.54, 1.807) is 54.6 Å². The van der Waals surface area contributed by atoms with Crippen LogP contribution in [0.15, 0.2) is 66.7 Å². The van der Waals surface area contributed by atoms with Crippen LogP contribution in [0.5, 0.6) is 0 Å². The van der Waals surface area contributed by atoms with Crippen LogP contribution in [0.25, 0.3) is 21.8 Å². The first-order valence-electron chi connectivity index (χ1n) is 9.11. The van der Waals surface area contributed by atoms with Gasteiger partial charge in [-0.2, -0.15) is 0 Å². The third-order valence-electron chi connectivity index (χ3n) is 4.81. The highest BCUT2D eigenvalue weighted by Gasteiger charge is 2.17. The molecule has 0 atom stereocenters. The number of carbonyl (C=O) groups excluding carboxylic acids is 1. The summed E-state index contributed by atoms with van der Waals surface area (Å²) in [6.45, 7) is 0.139. The lowest BCUT2D eigenvalue weighted by molar-refractivity contribution is 0.0685. The summed E-state index contributed by atoms with van der Waals surface area (Å²) in [5.41, 5.74) is 1.96. The molecule has 3 aromatic carbocycles. The van der Waals surface area contributed by atoms with Gasteiger partial charge in [-0.25, -0.2) is 14.6 Å². The fraction of sp³-hybridized carbons (Fsp3) is 0.0435. The number of carboxylic acid groups (broad SMARTS) is 2. The molecule has 1 aromatic heterocycles. The Hall–Kier alpha value is -4.26. The Balaban J connectivity index is 1.66. The van der Waals surface area contributed by atoms with E-state index in [0.29, 0.717) is 27.4 Å². The first-order chi connectivity index (χ1) is 14.5. The van der Waals surface area contributed by atoms with Gasteiger partial charge in [0.1, 0.15) is 0 Å². The molecule has 0 spiro atoms. The molecule has 0 aliphatic carbocycles. The Bertz CT molecular complexity index is 1330. The van der Waals surface area contributed by atoms with Gasteiger partial charge in [0.25, 0.3) is 5.91 Å². The third-order valence-corrected chi connectivity index (χ3v) is 4.81. The first-order valence-corrected chi connectivity index (χ1v) is 9.11. The Morgan fingerprint density at radius 2 is 1.43 bits per heavy atom. The standard InChI is InChI=1S/C23H16N2O5/c26-21(14-5-1-2-6-15(14)22(27)28)24-12-13-9-10-17-19(11-13)25-18-8-4-3-7-16(18)20(17)23(29)30/h1-11H,12H2,(H,24,26)(H,27,28)(H,29,30). The number of amides is 1. The van der Waals surface area contributed by atoms with Crippen molar-refractivity contribution in [3.63, 3.8) is 0 Å². The largest absolute Gasteiger partial charge is 0.478 e. The van der Waals surface area contributed by atoms with Crippen LogP contribution in [0.1, 0.15) is 36.6 Å². The minimum absolute atomic E-state index is 0.0723. The maximum Gasteiger partial charge on any atom is 0.337 e. The van der Waals surface area contributed by atoms with Crippen molar-refractivity contribution < 1.29 is 24.6 Å². The molecule has 1 amide bonds. The van der Waals surface area contributed by atoms with E-state index < -0.39 is 17.8 Å². The number of carboxylic acids is 2. The predicted molar refractivity (Wildman–Crippen MR) is 111 cm³/mol. The molecule has 0 aliphatic rings. The Kier molecular flexibility index (Phi) is 4.85. The van der Waals surface area contributed by atoms with Gasteiger partial charge in [-0.15, -0.1) is 0 Å². The number of benzene rings is 3. The maximum absolute atomic E-state index is 12.5. The molecule has 0 radical (unpaired) electrons. The number of aromatic carboxylic acids is 2. The summed E-state index contributed by atoms with van der Waals surface area (Å²) in [5.74, 6) is -2.72. The van der Waals surface area contributed by atoms with E-state index in [-0.39, 0.29) is 23.2 Å². The predicted octanol–water partition coefficient (Wildman–Crippen LogP) is 3.71. The number of nitrogens with zero attached hydrogens (tertiary/aromatic N) is 1. The zero-order valence-electron chi connectivity index (χ0n) is 15.6. The topological polar surface area (TPSA) is 117 Å². The number of hydrogen-bond acceptors (Lipinski definition) is 4. The molecule has 30 heavy (non-hydrogen) atoms. The fourth-order valence-electron chi connectivity index (χ4n) is 3.42. The Labute approximate surface area is 170 Å². The van der Waals surface area contributed by atoms with Gasteiger partial charge in [0.05, 0.1) is 27.7 Å². The van der Waals surface area contributed by atoms with Crippen molar-refractivity contribution in [1.82, 2.24) is 10.3 Å². The Morgan fingerprint density at radius 3 is 2.17 bits per heavy atom. The SMILES string of the molecule is O=C(O)c1ccccc1C(=O)NCc1ccc2c(C(=O)O)c3ccccc3nc2c1. The second-order valence-corrected chi connectivity index (χ2v) is 6.69. The second kappa shape index (κ2) is 7.63. The van der Waals surface area contributed by atoms with Crippen LogP contribution in [0, 0.1) is 0 Å². The first kappa shape index (κ1) is 19.1. The van der Waals surface area contributed by atoms with Gasteiger partial charge in [0.2, 0.25) is 0 Å². The summed E-state index contributed by atoms with van der Waals surface area (Å²) in [6, 6.07) is 18.1. The van der Waals surface area contributed by atoms with Crippen LogP contribution in [0.4, 0.5) is 0 Å². The van der Waals surface area contributed by atoms with Gasteiger partial charge in [-0.3, -0.25) is 4.79 Å². The van der Waals surface area contributed by atoms with Crippen molar-refractivity contribution in [2.75, 3.05) is 0 Å². The van der Waals surface area contributed by atoms with Gasteiger partial charge >= 0.3 is 11.9 Å². The monoisotopic (exact) mass is 400 g/mol. The van der Waals surface area contributed by atoms with Gasteiger partial charge in [-0.05, 0) is 29.8 Å². The van der Waals surface area contributed by atoms with Crippen molar-refractivity contribution in [1.29, 1.82) is 0 Å². The fourth-order valence-corrected chi connectivity index (χ4v) is 3.42. The van der Waals surface area contributed by atoms with E-state index >= 15 is 0 Å². The summed E-state index contributed by atoms with van der Waals surface area (Å²) in [7, 11) is 0. The van der Waals surface area contributed by atoms with E-state index in [2.05, 4.69) is 10.3 Å². The highest BCUT2D eigenvalue weighted by molar-refractivity contribution is 6.13. The number of fused-ring (bicyclic) bond motifs is 2. The zero-order chi connectivity index (χ0) is 21.3. The van der Waals surface area contributed by atoms with Gasteiger partial charge < -0.3 is 15.5 Å². The minimum Gasteiger partial charge on any atom is -0.478 e. The summed E-state index contributed by atoms with van der Waals surface area (Å²) < 4.78 is 0. The van der Waals surface area contributed by atoms with E-state index in [1.165, 1.54) is 12.1 Å². The second-order valence-electron chi connectivity index (χ2n) is 6.69. The van der Waals surface area contributed by atoms with Crippen molar-refractivity contribution in [3.8, 4) is 0 Å². The molecule has 4 aromatic rings. The molecular formula is C23H16N2O5. The van der Waals surface area contributed by atoms with Crippen LogP contribution in [-0.4, -0.2) is 33.0 Å². The molecule has 0 aliphatic heterocycles. The Morgan fingerprint density at radius 1 is 0.767 bits per heavy atom. The lowest BCUT2D eigenvalue weighted by Crippen LogP contribution is -2.24. The number of para-hydroxylation sites is 1. The average molecular weight is 400 g/mol. The van der Waals surface area contributed by atoms with Crippen LogP contribution in [0.2, 0.25) is 0 Å². The van der Waals surface area contributed by atoms with Crippen LogP contribution >= 0.6 is 0 Å². The summed E-state index contributed by atoms with van der Waals surface area (Å²) >= 11 is 0. The lowest BCUT2D eigenvalue weighted by atomic mass is 10.0. The van der Waals surface area contributed by atoms with Crippen LogP contribution in [-0.2, 0) is 6.54 Å². The summed E-state index contributed by atoms with van der Waals surface area (Å²) in [5, 5.41) is 22.7. The highest BCUT2D eigenvalue weighted by atomic mass is 16.4. The average Bonchev–Trinajstić information content (AvgIpc) is 2.75. The van der Waals surface area contributed by atoms with Crippen molar-refractivity contribution in [2.45, 2.75) is 6.54 Å². The number of aromatic nitrogens is 1. The molecule has 3 N–H and O–H groups in total. The number of pyridine rings is 1. The van der Waals surface area contributed by atoms with Gasteiger partial charge in [0.15, 0.2) is 0 Å². The number of hydrogen-bond donors (Lipinski definition) is 3.